The Hall–Kier alpha value is -2.36. The van der Waals surface area contributed by atoms with Gasteiger partial charge in [-0.05, 0) is 111 Å². The minimum absolute atomic E-state index is 0.0601. The lowest BCUT2D eigenvalue weighted by Gasteiger charge is -2.62. The van der Waals surface area contributed by atoms with E-state index < -0.39 is 42.9 Å². The second kappa shape index (κ2) is 13.1. The number of carbonyl (C=O) groups is 4. The maximum Gasteiger partial charge on any atom is 0.511 e. The van der Waals surface area contributed by atoms with Crippen molar-refractivity contribution in [3.63, 3.8) is 0 Å². The summed E-state index contributed by atoms with van der Waals surface area (Å²) < 4.78 is 15.4. The molecule has 4 aliphatic carbocycles. The van der Waals surface area contributed by atoms with E-state index in [0.717, 1.165) is 44.9 Å². The Bertz CT molecular complexity index is 1010. The highest BCUT2D eigenvalue weighted by atomic mass is 16.8. The monoisotopic (exact) mass is 594 g/mol. The quantitative estimate of drug-likeness (QED) is 0.202. The zero-order chi connectivity index (χ0) is 30.8. The van der Waals surface area contributed by atoms with Gasteiger partial charge in [-0.2, -0.15) is 0 Å². The smallest absolute Gasteiger partial charge is 0.481 e. The van der Waals surface area contributed by atoms with Crippen LogP contribution >= 0.6 is 0 Å². The Morgan fingerprint density at radius 2 is 1.62 bits per heavy atom. The van der Waals surface area contributed by atoms with Crippen LogP contribution in [0.5, 0.6) is 0 Å². The van der Waals surface area contributed by atoms with Crippen molar-refractivity contribution in [2.45, 2.75) is 117 Å². The van der Waals surface area contributed by atoms with Crippen molar-refractivity contribution in [1.82, 2.24) is 0 Å². The highest BCUT2D eigenvalue weighted by Gasteiger charge is 2.63. The van der Waals surface area contributed by atoms with E-state index in [0.29, 0.717) is 42.4 Å². The fourth-order valence-electron chi connectivity index (χ4n) is 9.65. The molecule has 10 heteroatoms. The largest absolute Gasteiger partial charge is 0.511 e. The van der Waals surface area contributed by atoms with Crippen molar-refractivity contribution in [1.29, 1.82) is 0 Å². The van der Waals surface area contributed by atoms with Gasteiger partial charge >= 0.3 is 24.1 Å². The topological polar surface area (TPSA) is 157 Å². The molecule has 0 radical (unpaired) electrons. The van der Waals surface area contributed by atoms with Crippen LogP contribution in [0.1, 0.15) is 105 Å². The number of carboxylic acids is 2. The van der Waals surface area contributed by atoms with Crippen molar-refractivity contribution in [3.8, 4) is 0 Å². The number of aliphatic carboxylic acids is 2. The maximum absolute atomic E-state index is 12.3. The van der Waals surface area contributed by atoms with E-state index in [2.05, 4.69) is 20.8 Å². The number of aliphatic hydroxyl groups is 1. The van der Waals surface area contributed by atoms with Gasteiger partial charge in [-0.1, -0.05) is 27.7 Å². The Morgan fingerprint density at radius 1 is 0.881 bits per heavy atom. The summed E-state index contributed by atoms with van der Waals surface area (Å²) in [7, 11) is 0. The van der Waals surface area contributed by atoms with Gasteiger partial charge in [0.05, 0.1) is 12.0 Å². The van der Waals surface area contributed by atoms with Gasteiger partial charge in [-0.3, -0.25) is 14.4 Å². The van der Waals surface area contributed by atoms with Crippen LogP contribution in [0, 0.1) is 52.3 Å². The molecule has 0 spiro atoms. The van der Waals surface area contributed by atoms with E-state index in [1.165, 1.54) is 6.92 Å². The molecule has 3 N–H and O–H groups in total. The number of ether oxygens (including phenoxy) is 3. The first kappa shape index (κ1) is 32.6. The Morgan fingerprint density at radius 3 is 2.31 bits per heavy atom. The van der Waals surface area contributed by atoms with Crippen LogP contribution in [-0.2, 0) is 28.6 Å². The third kappa shape index (κ3) is 6.58. The molecule has 0 saturated heterocycles. The van der Waals surface area contributed by atoms with E-state index >= 15 is 0 Å². The summed E-state index contributed by atoms with van der Waals surface area (Å²) in [6.45, 7) is 7.75. The highest BCUT2D eigenvalue weighted by molar-refractivity contribution is 5.72. The predicted molar refractivity (Wildman–Crippen MR) is 151 cm³/mol. The molecule has 4 saturated carbocycles. The molecular formula is C32H50O10. The molecule has 4 rings (SSSR count). The lowest BCUT2D eigenvalue weighted by Crippen LogP contribution is -2.59. The predicted octanol–water partition coefficient (Wildman–Crippen LogP) is 5.64. The molecule has 11 atom stereocenters. The van der Waals surface area contributed by atoms with Gasteiger partial charge in [-0.25, -0.2) is 4.79 Å². The first-order chi connectivity index (χ1) is 19.8. The second-order valence-electron chi connectivity index (χ2n) is 14.2. The summed E-state index contributed by atoms with van der Waals surface area (Å²) in [5.74, 6) is -0.640. The number of carbonyl (C=O) groups excluding carboxylic acids is 2. The van der Waals surface area contributed by atoms with Crippen molar-refractivity contribution >= 4 is 24.1 Å². The van der Waals surface area contributed by atoms with Gasteiger partial charge in [0.1, 0.15) is 6.10 Å². The van der Waals surface area contributed by atoms with E-state index in [1.54, 1.807) is 0 Å². The summed E-state index contributed by atoms with van der Waals surface area (Å²) in [5, 5.41) is 29.8. The minimum Gasteiger partial charge on any atom is -0.481 e. The average molecular weight is 595 g/mol. The fraction of sp³-hybridized carbons (Fsp3) is 0.875. The number of hydrogen-bond acceptors (Lipinski definition) is 8. The standard InChI is InChI=1S/C32H50O10/c1-18(5-11-27(34)35)23-9-10-24-22-8-7-20-15-21(13-14-31(20,3)25(22)16-26(33)32(23,24)4)42-30(39)41-17-40-28(36)12-6-19(2)29(37)38/h18-26,33H,5-17H2,1-4H3,(H,34,35)(H,37,38)/t18-,19?,20-,21-,22?,23?,24?,25?,26+,31+,32-/m1/s1. The number of esters is 1. The SMILES string of the molecule is CC(CCC(=O)OCOC(=O)O[C@@H]1CC[C@]2(C)C3C[C@H](O)[C@@]4(C)C(CCC4[C@H](C)CCC(=O)O)C3CC[C@@H]2C1)C(=O)O. The number of fused-ring (bicyclic) bond motifs is 5. The molecule has 0 heterocycles. The fourth-order valence-corrected chi connectivity index (χ4v) is 9.65. The third-order valence-corrected chi connectivity index (χ3v) is 12.2. The van der Waals surface area contributed by atoms with Crippen LogP contribution in [0.2, 0.25) is 0 Å². The first-order valence-electron chi connectivity index (χ1n) is 15.9. The van der Waals surface area contributed by atoms with E-state index in [1.807, 2.05) is 0 Å². The van der Waals surface area contributed by atoms with Gasteiger partial charge in [0.15, 0.2) is 0 Å². The van der Waals surface area contributed by atoms with Crippen molar-refractivity contribution in [2.75, 3.05) is 6.79 Å². The number of hydrogen-bond donors (Lipinski definition) is 3. The Kier molecular flexibility index (Phi) is 10.2. The highest BCUT2D eigenvalue weighted by Crippen LogP contribution is 2.68. The number of aliphatic hydroxyl groups excluding tert-OH is 1. The molecule has 4 aliphatic rings. The van der Waals surface area contributed by atoms with Crippen LogP contribution in [0.3, 0.4) is 0 Å². The average Bonchev–Trinajstić information content (AvgIpc) is 3.29. The molecular weight excluding hydrogens is 544 g/mol. The third-order valence-electron chi connectivity index (χ3n) is 12.2. The lowest BCUT2D eigenvalue weighted by molar-refractivity contribution is -0.177. The van der Waals surface area contributed by atoms with Crippen molar-refractivity contribution in [2.24, 2.45) is 52.3 Å². The van der Waals surface area contributed by atoms with Gasteiger partial charge in [0.25, 0.3) is 0 Å². The van der Waals surface area contributed by atoms with E-state index in [4.69, 9.17) is 19.3 Å². The summed E-state index contributed by atoms with van der Waals surface area (Å²) in [6, 6.07) is 0. The lowest BCUT2D eigenvalue weighted by atomic mass is 9.43. The zero-order valence-electron chi connectivity index (χ0n) is 25.6. The summed E-state index contributed by atoms with van der Waals surface area (Å²) in [4.78, 5) is 46.1. The van der Waals surface area contributed by atoms with Gasteiger partial charge in [-0.15, -0.1) is 0 Å². The second-order valence-corrected chi connectivity index (χ2v) is 14.2. The molecule has 5 unspecified atom stereocenters. The normalized spacial score (nSPS) is 38.6. The molecule has 0 aliphatic heterocycles. The summed E-state index contributed by atoms with van der Waals surface area (Å²) >= 11 is 0. The minimum atomic E-state index is -0.982. The Balaban J connectivity index is 1.28. The Labute approximate surface area is 248 Å². The van der Waals surface area contributed by atoms with E-state index in [9.17, 15) is 29.4 Å². The van der Waals surface area contributed by atoms with Crippen LogP contribution < -0.4 is 0 Å². The van der Waals surface area contributed by atoms with Gasteiger partial charge < -0.3 is 29.5 Å². The molecule has 0 aromatic rings. The molecule has 238 valence electrons. The summed E-state index contributed by atoms with van der Waals surface area (Å²) in [5.41, 5.74) is -0.116. The number of rotatable bonds is 11. The first-order valence-corrected chi connectivity index (χ1v) is 15.9. The van der Waals surface area contributed by atoms with Crippen LogP contribution in [0.25, 0.3) is 0 Å². The van der Waals surface area contributed by atoms with Crippen LogP contribution in [0.4, 0.5) is 4.79 Å². The van der Waals surface area contributed by atoms with Crippen LogP contribution in [-0.4, -0.2) is 58.4 Å². The molecule has 42 heavy (non-hydrogen) atoms. The molecule has 10 nitrogen and oxygen atoms in total. The molecule has 0 aromatic heterocycles. The zero-order valence-corrected chi connectivity index (χ0v) is 25.6. The van der Waals surface area contributed by atoms with Crippen LogP contribution in [0.15, 0.2) is 0 Å². The van der Waals surface area contributed by atoms with Crippen molar-refractivity contribution in [3.05, 3.63) is 0 Å². The molecule has 0 amide bonds. The van der Waals surface area contributed by atoms with E-state index in [-0.39, 0.29) is 42.1 Å². The van der Waals surface area contributed by atoms with Gasteiger partial charge in [0.2, 0.25) is 6.79 Å². The molecule has 0 aromatic carbocycles. The number of carboxylic acid groups (broad SMARTS) is 2. The molecule has 4 fully saturated rings. The summed E-state index contributed by atoms with van der Waals surface area (Å²) in [6.07, 6.45) is 6.79. The van der Waals surface area contributed by atoms with Gasteiger partial charge in [0, 0.05) is 12.8 Å². The maximum atomic E-state index is 12.3. The van der Waals surface area contributed by atoms with Crippen molar-refractivity contribution < 1.29 is 48.7 Å². The molecule has 0 bridgehead atoms.